The third kappa shape index (κ3) is 3.39. The van der Waals surface area contributed by atoms with Crippen LogP contribution in [-0.2, 0) is 16.0 Å². The molecule has 24 heavy (non-hydrogen) atoms. The second-order valence-electron chi connectivity index (χ2n) is 6.73. The first-order valence-electron chi connectivity index (χ1n) is 8.07. The molecule has 2 aliphatic rings. The Balaban J connectivity index is 1.59. The van der Waals surface area contributed by atoms with E-state index in [4.69, 9.17) is 16.7 Å². The number of hydrogen-bond acceptors (Lipinski definition) is 3. The molecule has 1 aromatic carbocycles. The molecule has 0 aromatic heterocycles. The summed E-state index contributed by atoms with van der Waals surface area (Å²) in [6.07, 6.45) is 2.08. The number of likely N-dealkylation sites (tertiary alicyclic amines) is 1. The first kappa shape index (κ1) is 17.2. The van der Waals surface area contributed by atoms with Crippen LogP contribution in [0.15, 0.2) is 18.2 Å². The lowest BCUT2D eigenvalue weighted by molar-refractivity contribution is -0.139. The van der Waals surface area contributed by atoms with Crippen molar-refractivity contribution in [3.8, 4) is 0 Å². The van der Waals surface area contributed by atoms with Gasteiger partial charge < -0.3 is 15.3 Å². The predicted octanol–water partition coefficient (Wildman–Crippen LogP) is 2.08. The number of carbonyl (C=O) groups excluding carboxylic acids is 1. The van der Waals surface area contributed by atoms with Crippen molar-refractivity contribution in [1.29, 1.82) is 0 Å². The number of carboxylic acids is 1. The molecule has 0 bridgehead atoms. The first-order valence-corrected chi connectivity index (χ1v) is 8.45. The summed E-state index contributed by atoms with van der Waals surface area (Å²) < 4.78 is 13.8. The fourth-order valence-corrected chi connectivity index (χ4v) is 3.90. The van der Waals surface area contributed by atoms with Crippen molar-refractivity contribution in [3.63, 3.8) is 0 Å². The molecule has 2 heterocycles. The van der Waals surface area contributed by atoms with Gasteiger partial charge in [-0.05, 0) is 36.8 Å². The summed E-state index contributed by atoms with van der Waals surface area (Å²) in [7, 11) is 0. The number of amides is 1. The number of carboxylic acid groups (broad SMARTS) is 1. The normalized spacial score (nSPS) is 22.8. The Labute approximate surface area is 144 Å². The van der Waals surface area contributed by atoms with Crippen LogP contribution in [0.5, 0.6) is 0 Å². The molecule has 2 fully saturated rings. The van der Waals surface area contributed by atoms with Crippen molar-refractivity contribution in [2.75, 3.05) is 19.6 Å². The molecular formula is C17H20ClFN2O3. The van der Waals surface area contributed by atoms with Crippen molar-refractivity contribution in [3.05, 3.63) is 34.6 Å². The van der Waals surface area contributed by atoms with E-state index in [0.29, 0.717) is 26.1 Å². The van der Waals surface area contributed by atoms with E-state index in [-0.39, 0.29) is 28.3 Å². The maximum Gasteiger partial charge on any atom is 0.320 e. The largest absolute Gasteiger partial charge is 0.480 e. The van der Waals surface area contributed by atoms with Crippen LogP contribution in [0, 0.1) is 11.2 Å². The molecule has 5 nitrogen and oxygen atoms in total. The predicted molar refractivity (Wildman–Crippen MR) is 87.4 cm³/mol. The maximum atomic E-state index is 13.8. The van der Waals surface area contributed by atoms with Crippen molar-refractivity contribution >= 4 is 23.5 Å². The third-order valence-electron chi connectivity index (χ3n) is 5.23. The fourth-order valence-electron chi connectivity index (χ4n) is 3.67. The summed E-state index contributed by atoms with van der Waals surface area (Å²) in [6, 6.07) is 3.90. The van der Waals surface area contributed by atoms with E-state index >= 15 is 0 Å². The molecule has 1 amide bonds. The highest BCUT2D eigenvalue weighted by Crippen LogP contribution is 2.39. The van der Waals surface area contributed by atoms with Gasteiger partial charge >= 0.3 is 5.97 Å². The SMILES string of the molecule is O=C(O)[C@@H]1CC2(CCN(C(=O)Cc3c(F)cccc3Cl)CC2)CN1. The van der Waals surface area contributed by atoms with Crippen LogP contribution in [0.2, 0.25) is 5.02 Å². The Hall–Kier alpha value is -1.66. The van der Waals surface area contributed by atoms with E-state index in [1.54, 1.807) is 11.0 Å². The van der Waals surface area contributed by atoms with Gasteiger partial charge in [-0.15, -0.1) is 0 Å². The summed E-state index contributed by atoms with van der Waals surface area (Å²) in [5.74, 6) is -1.43. The Morgan fingerprint density at radius 1 is 1.38 bits per heavy atom. The molecule has 2 saturated heterocycles. The number of rotatable bonds is 3. The highest BCUT2D eigenvalue weighted by molar-refractivity contribution is 6.31. The van der Waals surface area contributed by atoms with Crippen LogP contribution in [0.25, 0.3) is 0 Å². The van der Waals surface area contributed by atoms with E-state index in [9.17, 15) is 14.0 Å². The Kier molecular flexibility index (Phi) is 4.78. The number of piperidine rings is 1. The summed E-state index contributed by atoms with van der Waals surface area (Å²) in [6.45, 7) is 1.81. The Morgan fingerprint density at radius 3 is 2.67 bits per heavy atom. The standard InChI is InChI=1S/C17H20ClFN2O3/c18-12-2-1-3-13(19)11(12)8-15(22)21-6-4-17(5-7-21)9-14(16(23)24)20-10-17/h1-3,14,20H,4-10H2,(H,23,24)/t14-/m0/s1. The third-order valence-corrected chi connectivity index (χ3v) is 5.58. The summed E-state index contributed by atoms with van der Waals surface area (Å²) in [5.41, 5.74) is 0.188. The summed E-state index contributed by atoms with van der Waals surface area (Å²) in [5, 5.41) is 12.4. The molecule has 7 heteroatoms. The minimum absolute atomic E-state index is 0.0462. The van der Waals surface area contributed by atoms with Crippen molar-refractivity contribution in [2.24, 2.45) is 5.41 Å². The van der Waals surface area contributed by atoms with Crippen molar-refractivity contribution in [1.82, 2.24) is 10.2 Å². The minimum Gasteiger partial charge on any atom is -0.480 e. The Morgan fingerprint density at radius 2 is 2.08 bits per heavy atom. The van der Waals surface area contributed by atoms with Gasteiger partial charge in [-0.3, -0.25) is 9.59 Å². The highest BCUT2D eigenvalue weighted by atomic mass is 35.5. The van der Waals surface area contributed by atoms with Gasteiger partial charge in [0.25, 0.3) is 0 Å². The van der Waals surface area contributed by atoms with Crippen LogP contribution >= 0.6 is 11.6 Å². The molecule has 130 valence electrons. The number of nitrogens with one attached hydrogen (secondary N) is 1. The monoisotopic (exact) mass is 354 g/mol. The molecule has 1 aromatic rings. The van der Waals surface area contributed by atoms with Crippen molar-refractivity contribution < 1.29 is 19.1 Å². The molecule has 0 saturated carbocycles. The average Bonchev–Trinajstić information content (AvgIpc) is 2.96. The minimum atomic E-state index is -0.820. The highest BCUT2D eigenvalue weighted by Gasteiger charge is 2.44. The van der Waals surface area contributed by atoms with E-state index in [1.165, 1.54) is 12.1 Å². The molecule has 0 radical (unpaired) electrons. The van der Waals surface area contributed by atoms with Gasteiger partial charge in [-0.1, -0.05) is 17.7 Å². The molecule has 2 N–H and O–H groups in total. The van der Waals surface area contributed by atoms with Gasteiger partial charge in [0.2, 0.25) is 5.91 Å². The second kappa shape index (κ2) is 6.69. The molecule has 1 atom stereocenters. The van der Waals surface area contributed by atoms with Crippen LogP contribution in [-0.4, -0.2) is 47.6 Å². The number of halogens is 2. The maximum absolute atomic E-state index is 13.8. The Bertz CT molecular complexity index is 639. The molecule has 0 unspecified atom stereocenters. The zero-order valence-corrected chi connectivity index (χ0v) is 14.0. The lowest BCUT2D eigenvalue weighted by Crippen LogP contribution is -2.44. The molecule has 0 aliphatic carbocycles. The van der Waals surface area contributed by atoms with E-state index in [1.807, 2.05) is 0 Å². The molecule has 3 rings (SSSR count). The second-order valence-corrected chi connectivity index (χ2v) is 7.14. The van der Waals surface area contributed by atoms with Crippen LogP contribution in [0.3, 0.4) is 0 Å². The number of nitrogens with zero attached hydrogens (tertiary/aromatic N) is 1. The smallest absolute Gasteiger partial charge is 0.320 e. The zero-order valence-electron chi connectivity index (χ0n) is 13.2. The molecular weight excluding hydrogens is 335 g/mol. The fraction of sp³-hybridized carbons (Fsp3) is 0.529. The van der Waals surface area contributed by atoms with Gasteiger partial charge in [0.1, 0.15) is 11.9 Å². The quantitative estimate of drug-likeness (QED) is 0.872. The molecule has 1 spiro atoms. The van der Waals surface area contributed by atoms with Gasteiger partial charge in [0.15, 0.2) is 0 Å². The van der Waals surface area contributed by atoms with Gasteiger partial charge in [-0.2, -0.15) is 0 Å². The molecule has 2 aliphatic heterocycles. The van der Waals surface area contributed by atoms with E-state index in [2.05, 4.69) is 5.32 Å². The first-order chi connectivity index (χ1) is 11.4. The van der Waals surface area contributed by atoms with E-state index in [0.717, 1.165) is 12.8 Å². The van der Waals surface area contributed by atoms with Crippen LogP contribution in [0.4, 0.5) is 4.39 Å². The number of benzene rings is 1. The average molecular weight is 355 g/mol. The van der Waals surface area contributed by atoms with Gasteiger partial charge in [0.05, 0.1) is 6.42 Å². The summed E-state index contributed by atoms with van der Waals surface area (Å²) in [4.78, 5) is 25.3. The number of aliphatic carboxylic acids is 1. The number of hydrogen-bond donors (Lipinski definition) is 2. The number of carbonyl (C=O) groups is 2. The zero-order chi connectivity index (χ0) is 17.3. The van der Waals surface area contributed by atoms with Crippen molar-refractivity contribution in [2.45, 2.75) is 31.7 Å². The van der Waals surface area contributed by atoms with Crippen LogP contribution in [0.1, 0.15) is 24.8 Å². The van der Waals surface area contributed by atoms with Gasteiger partial charge in [-0.25, -0.2) is 4.39 Å². The van der Waals surface area contributed by atoms with E-state index < -0.39 is 17.8 Å². The van der Waals surface area contributed by atoms with Crippen LogP contribution < -0.4 is 5.32 Å². The lowest BCUT2D eigenvalue weighted by atomic mass is 9.76. The topological polar surface area (TPSA) is 69.6 Å². The summed E-state index contributed by atoms with van der Waals surface area (Å²) >= 11 is 5.98. The van der Waals surface area contributed by atoms with Gasteiger partial charge in [0, 0.05) is 30.2 Å². The lowest BCUT2D eigenvalue weighted by Gasteiger charge is -2.39.